The molecule has 0 aliphatic heterocycles. The van der Waals surface area contributed by atoms with Gasteiger partial charge >= 0.3 is 0 Å². The lowest BCUT2D eigenvalue weighted by molar-refractivity contribution is 0.0963. The van der Waals surface area contributed by atoms with Crippen LogP contribution < -0.4 is 5.32 Å². The summed E-state index contributed by atoms with van der Waals surface area (Å²) in [5, 5.41) is 2.63. The highest BCUT2D eigenvalue weighted by atomic mass is 16.1. The lowest BCUT2D eigenvalue weighted by Crippen LogP contribution is -2.17. The minimum atomic E-state index is -0.00983. The van der Waals surface area contributed by atoms with Gasteiger partial charge in [0, 0.05) is 12.6 Å². The number of benzene rings is 1. The second-order valence-corrected chi connectivity index (χ2v) is 4.21. The van der Waals surface area contributed by atoms with Crippen molar-refractivity contribution in [2.75, 3.05) is 7.05 Å². The van der Waals surface area contributed by atoms with Gasteiger partial charge in [-0.15, -0.1) is 0 Å². The molecule has 2 nitrogen and oxygen atoms in total. The molecule has 1 aromatic carbocycles. The topological polar surface area (TPSA) is 29.1 Å². The molecule has 1 aromatic rings. The Morgan fingerprint density at radius 1 is 1.40 bits per heavy atom. The van der Waals surface area contributed by atoms with E-state index in [0.717, 1.165) is 17.4 Å². The van der Waals surface area contributed by atoms with E-state index < -0.39 is 0 Å². The van der Waals surface area contributed by atoms with Crippen LogP contribution in [0.3, 0.4) is 0 Å². The van der Waals surface area contributed by atoms with E-state index in [4.69, 9.17) is 0 Å². The van der Waals surface area contributed by atoms with Gasteiger partial charge in [0.2, 0.25) is 0 Å². The summed E-state index contributed by atoms with van der Waals surface area (Å²) in [5.74, 6) is 1.61. The first-order valence-corrected chi connectivity index (χ1v) is 5.58. The second kappa shape index (κ2) is 4.05. The molecule has 80 valence electrons. The molecule has 0 radical (unpaired) electrons. The predicted molar refractivity (Wildman–Crippen MR) is 61.0 cm³/mol. The van der Waals surface area contributed by atoms with Crippen LogP contribution in [0.15, 0.2) is 24.3 Å². The zero-order valence-electron chi connectivity index (χ0n) is 9.29. The Morgan fingerprint density at radius 3 is 2.53 bits per heavy atom. The minimum absolute atomic E-state index is 0.00983. The molecule has 2 atom stereocenters. The van der Waals surface area contributed by atoms with Crippen molar-refractivity contribution in [2.45, 2.75) is 25.7 Å². The van der Waals surface area contributed by atoms with Gasteiger partial charge in [-0.3, -0.25) is 4.79 Å². The first-order chi connectivity index (χ1) is 7.26. The van der Waals surface area contributed by atoms with Crippen LogP contribution in [0, 0.1) is 5.92 Å². The van der Waals surface area contributed by atoms with Crippen LogP contribution in [0.1, 0.15) is 41.6 Å². The van der Waals surface area contributed by atoms with Crippen molar-refractivity contribution >= 4 is 5.91 Å². The largest absolute Gasteiger partial charge is 0.355 e. The van der Waals surface area contributed by atoms with E-state index in [9.17, 15) is 4.79 Å². The molecule has 1 fully saturated rings. The molecule has 0 aromatic heterocycles. The van der Waals surface area contributed by atoms with Gasteiger partial charge in [0.1, 0.15) is 0 Å². The first-order valence-electron chi connectivity index (χ1n) is 5.58. The molecule has 0 saturated heterocycles. The van der Waals surface area contributed by atoms with Crippen molar-refractivity contribution in [1.82, 2.24) is 5.32 Å². The van der Waals surface area contributed by atoms with Crippen LogP contribution in [0.2, 0.25) is 0 Å². The smallest absolute Gasteiger partial charge is 0.251 e. The standard InChI is InChI=1S/C13H17NO/c1-3-9-8-12(9)10-4-6-11(7-5-10)13(15)14-2/h4-7,9,12H,3,8H2,1-2H3,(H,14,15)/t9-,12-/m0/s1. The van der Waals surface area contributed by atoms with E-state index >= 15 is 0 Å². The van der Waals surface area contributed by atoms with Crippen LogP contribution in [-0.4, -0.2) is 13.0 Å². The summed E-state index contributed by atoms with van der Waals surface area (Å²) >= 11 is 0. The van der Waals surface area contributed by atoms with Crippen molar-refractivity contribution in [3.8, 4) is 0 Å². The molecule has 1 N–H and O–H groups in total. The van der Waals surface area contributed by atoms with Crippen LogP contribution in [0.5, 0.6) is 0 Å². The molecule has 1 aliphatic carbocycles. The van der Waals surface area contributed by atoms with E-state index in [1.54, 1.807) is 7.05 Å². The summed E-state index contributed by atoms with van der Waals surface area (Å²) in [7, 11) is 1.66. The maximum absolute atomic E-state index is 11.3. The third kappa shape index (κ3) is 2.04. The number of nitrogens with one attached hydrogen (secondary N) is 1. The Bertz CT molecular complexity index is 355. The van der Waals surface area contributed by atoms with E-state index in [2.05, 4.69) is 24.4 Å². The number of carbonyl (C=O) groups excluding carboxylic acids is 1. The molecule has 0 spiro atoms. The van der Waals surface area contributed by atoms with Gasteiger partial charge in [0.25, 0.3) is 5.91 Å². The van der Waals surface area contributed by atoms with Crippen LogP contribution >= 0.6 is 0 Å². The Morgan fingerprint density at radius 2 is 2.07 bits per heavy atom. The van der Waals surface area contributed by atoms with Crippen molar-refractivity contribution in [3.63, 3.8) is 0 Å². The molecular weight excluding hydrogens is 186 g/mol. The number of hydrogen-bond donors (Lipinski definition) is 1. The highest BCUT2D eigenvalue weighted by Gasteiger charge is 2.36. The Hall–Kier alpha value is -1.31. The van der Waals surface area contributed by atoms with Crippen molar-refractivity contribution in [2.24, 2.45) is 5.92 Å². The third-order valence-electron chi connectivity index (χ3n) is 3.28. The molecule has 0 bridgehead atoms. The number of rotatable bonds is 3. The average Bonchev–Trinajstić information content (AvgIpc) is 3.07. The first kappa shape index (κ1) is 10.2. The summed E-state index contributed by atoms with van der Waals surface area (Å²) in [5.41, 5.74) is 2.13. The van der Waals surface area contributed by atoms with Crippen LogP contribution in [-0.2, 0) is 0 Å². The van der Waals surface area contributed by atoms with Gasteiger partial charge in [-0.05, 0) is 36.0 Å². The lowest BCUT2D eigenvalue weighted by atomic mass is 10.1. The maximum atomic E-state index is 11.3. The van der Waals surface area contributed by atoms with Crippen molar-refractivity contribution in [1.29, 1.82) is 0 Å². The summed E-state index contributed by atoms with van der Waals surface area (Å²) in [4.78, 5) is 11.3. The predicted octanol–water partition coefficient (Wildman–Crippen LogP) is 2.56. The van der Waals surface area contributed by atoms with E-state index in [0.29, 0.717) is 0 Å². The quantitative estimate of drug-likeness (QED) is 0.803. The molecule has 2 heteroatoms. The van der Waals surface area contributed by atoms with Gasteiger partial charge in [-0.2, -0.15) is 0 Å². The summed E-state index contributed by atoms with van der Waals surface area (Å²) in [6.45, 7) is 2.24. The van der Waals surface area contributed by atoms with Crippen molar-refractivity contribution < 1.29 is 4.79 Å². The Labute approximate surface area is 90.7 Å². The molecule has 1 amide bonds. The fraction of sp³-hybridized carbons (Fsp3) is 0.462. The van der Waals surface area contributed by atoms with E-state index in [1.807, 2.05) is 12.1 Å². The average molecular weight is 203 g/mol. The summed E-state index contributed by atoms with van der Waals surface area (Å²) < 4.78 is 0. The molecule has 0 unspecified atom stereocenters. The second-order valence-electron chi connectivity index (χ2n) is 4.21. The molecule has 1 saturated carbocycles. The van der Waals surface area contributed by atoms with E-state index in [-0.39, 0.29) is 5.91 Å². The SMILES string of the molecule is CC[C@H]1C[C@@H]1c1ccc(C(=O)NC)cc1. The minimum Gasteiger partial charge on any atom is -0.355 e. The van der Waals surface area contributed by atoms with Crippen molar-refractivity contribution in [3.05, 3.63) is 35.4 Å². The van der Waals surface area contributed by atoms with Crippen LogP contribution in [0.4, 0.5) is 0 Å². The molecule has 0 heterocycles. The van der Waals surface area contributed by atoms with Crippen LogP contribution in [0.25, 0.3) is 0 Å². The lowest BCUT2D eigenvalue weighted by Gasteiger charge is -2.02. The van der Waals surface area contributed by atoms with E-state index in [1.165, 1.54) is 18.4 Å². The fourth-order valence-corrected chi connectivity index (χ4v) is 2.13. The number of hydrogen-bond acceptors (Lipinski definition) is 1. The molecule has 15 heavy (non-hydrogen) atoms. The zero-order chi connectivity index (χ0) is 10.8. The van der Waals surface area contributed by atoms with Gasteiger partial charge in [0.05, 0.1) is 0 Å². The van der Waals surface area contributed by atoms with Gasteiger partial charge < -0.3 is 5.32 Å². The summed E-state index contributed by atoms with van der Waals surface area (Å²) in [6.07, 6.45) is 2.58. The number of carbonyl (C=O) groups is 1. The molecular formula is C13H17NO. The molecule has 2 rings (SSSR count). The van der Waals surface area contributed by atoms with Gasteiger partial charge in [-0.1, -0.05) is 25.5 Å². The van der Waals surface area contributed by atoms with Gasteiger partial charge in [-0.25, -0.2) is 0 Å². The normalized spacial score (nSPS) is 23.6. The molecule has 1 aliphatic rings. The maximum Gasteiger partial charge on any atom is 0.251 e. The number of amides is 1. The Kier molecular flexibility index (Phi) is 2.76. The highest BCUT2D eigenvalue weighted by Crippen LogP contribution is 2.49. The highest BCUT2D eigenvalue weighted by molar-refractivity contribution is 5.93. The fourth-order valence-electron chi connectivity index (χ4n) is 2.13. The third-order valence-corrected chi connectivity index (χ3v) is 3.28. The monoisotopic (exact) mass is 203 g/mol. The van der Waals surface area contributed by atoms with Gasteiger partial charge in [0.15, 0.2) is 0 Å². The zero-order valence-corrected chi connectivity index (χ0v) is 9.29. The Balaban J connectivity index is 2.08. The summed E-state index contributed by atoms with van der Waals surface area (Å²) in [6, 6.07) is 8.01.